The molecule has 0 aromatic heterocycles. The third kappa shape index (κ3) is 2.64. The summed E-state index contributed by atoms with van der Waals surface area (Å²) in [6, 6.07) is 6.75. The number of anilines is 1. The largest absolute Gasteiger partial charge is 0.369 e. The molecule has 0 bridgehead atoms. The average Bonchev–Trinajstić information content (AvgIpc) is 2.80. The minimum absolute atomic E-state index is 0.0979. The third-order valence-electron chi connectivity index (χ3n) is 3.36. The van der Waals surface area contributed by atoms with Crippen molar-refractivity contribution in [3.63, 3.8) is 0 Å². The molecule has 1 aliphatic heterocycles. The van der Waals surface area contributed by atoms with Crippen molar-refractivity contribution in [1.29, 1.82) is 0 Å². The van der Waals surface area contributed by atoms with Crippen molar-refractivity contribution in [3.8, 4) is 0 Å². The topological polar surface area (TPSA) is 83.7 Å². The number of benzene rings is 1. The lowest BCUT2D eigenvalue weighted by Gasteiger charge is -2.17. The molecular formula is C14H17N3O3. The van der Waals surface area contributed by atoms with E-state index in [9.17, 15) is 14.4 Å². The third-order valence-corrected chi connectivity index (χ3v) is 3.36. The van der Waals surface area contributed by atoms with E-state index in [-0.39, 0.29) is 18.2 Å². The molecular weight excluding hydrogens is 258 g/mol. The van der Waals surface area contributed by atoms with Gasteiger partial charge in [0.05, 0.1) is 5.92 Å². The fourth-order valence-corrected chi connectivity index (χ4v) is 2.19. The van der Waals surface area contributed by atoms with Gasteiger partial charge in [0.15, 0.2) is 0 Å². The Morgan fingerprint density at radius 3 is 2.30 bits per heavy atom. The molecule has 20 heavy (non-hydrogen) atoms. The van der Waals surface area contributed by atoms with E-state index in [1.807, 2.05) is 0 Å². The molecule has 0 saturated carbocycles. The van der Waals surface area contributed by atoms with Crippen molar-refractivity contribution in [2.24, 2.45) is 11.7 Å². The van der Waals surface area contributed by atoms with Crippen LogP contribution in [-0.4, -0.2) is 43.3 Å². The Bertz CT molecular complexity index is 551. The Morgan fingerprint density at radius 2 is 1.85 bits per heavy atom. The summed E-state index contributed by atoms with van der Waals surface area (Å²) in [6.07, 6.45) is 0.147. The lowest BCUT2D eigenvalue weighted by Crippen LogP contribution is -2.28. The van der Waals surface area contributed by atoms with Gasteiger partial charge in [-0.3, -0.25) is 14.4 Å². The normalized spacial score (nSPS) is 18.2. The Labute approximate surface area is 117 Å². The Balaban J connectivity index is 2.17. The lowest BCUT2D eigenvalue weighted by molar-refractivity contribution is -0.123. The summed E-state index contributed by atoms with van der Waals surface area (Å²) < 4.78 is 0. The van der Waals surface area contributed by atoms with Crippen LogP contribution < -0.4 is 10.6 Å². The van der Waals surface area contributed by atoms with Crippen molar-refractivity contribution in [3.05, 3.63) is 29.8 Å². The summed E-state index contributed by atoms with van der Waals surface area (Å²) in [7, 11) is 3.36. The first kappa shape index (κ1) is 14.0. The van der Waals surface area contributed by atoms with E-state index in [0.717, 1.165) is 0 Å². The monoisotopic (exact) mass is 275 g/mol. The quantitative estimate of drug-likeness (QED) is 0.857. The molecule has 1 aliphatic rings. The van der Waals surface area contributed by atoms with Gasteiger partial charge in [0, 0.05) is 38.3 Å². The van der Waals surface area contributed by atoms with Gasteiger partial charge in [-0.05, 0) is 24.3 Å². The fourth-order valence-electron chi connectivity index (χ4n) is 2.19. The first-order valence-electron chi connectivity index (χ1n) is 6.31. The van der Waals surface area contributed by atoms with E-state index in [2.05, 4.69) is 0 Å². The second-order valence-corrected chi connectivity index (χ2v) is 5.05. The van der Waals surface area contributed by atoms with Gasteiger partial charge in [0.2, 0.25) is 11.8 Å². The molecule has 3 amide bonds. The highest BCUT2D eigenvalue weighted by molar-refractivity contribution is 6.00. The SMILES string of the molecule is CN(C)C(=O)c1ccc(N2CC(C(N)=O)CC2=O)cc1. The summed E-state index contributed by atoms with van der Waals surface area (Å²) in [6.45, 7) is 0.301. The van der Waals surface area contributed by atoms with E-state index in [1.165, 1.54) is 9.80 Å². The molecule has 2 N–H and O–H groups in total. The summed E-state index contributed by atoms with van der Waals surface area (Å²) in [4.78, 5) is 37.8. The second kappa shape index (κ2) is 5.32. The maximum Gasteiger partial charge on any atom is 0.253 e. The number of rotatable bonds is 3. The summed E-state index contributed by atoms with van der Waals surface area (Å²) in [5.41, 5.74) is 6.46. The number of amides is 3. The average molecular weight is 275 g/mol. The minimum atomic E-state index is -0.458. The van der Waals surface area contributed by atoms with E-state index in [1.54, 1.807) is 38.4 Å². The molecule has 1 atom stereocenters. The number of primary amides is 1. The Morgan fingerprint density at radius 1 is 1.25 bits per heavy atom. The molecule has 1 aromatic rings. The first-order chi connectivity index (χ1) is 9.40. The molecule has 1 aromatic carbocycles. The van der Waals surface area contributed by atoms with E-state index in [0.29, 0.717) is 17.8 Å². The Hall–Kier alpha value is -2.37. The highest BCUT2D eigenvalue weighted by Gasteiger charge is 2.33. The van der Waals surface area contributed by atoms with Crippen LogP contribution in [0.5, 0.6) is 0 Å². The highest BCUT2D eigenvalue weighted by Crippen LogP contribution is 2.25. The summed E-state index contributed by atoms with van der Waals surface area (Å²) >= 11 is 0. The van der Waals surface area contributed by atoms with Gasteiger partial charge >= 0.3 is 0 Å². The maximum absolute atomic E-state index is 11.9. The van der Waals surface area contributed by atoms with Crippen LogP contribution in [0.2, 0.25) is 0 Å². The van der Waals surface area contributed by atoms with Gasteiger partial charge in [0.25, 0.3) is 5.91 Å². The number of nitrogens with zero attached hydrogens (tertiary/aromatic N) is 2. The highest BCUT2D eigenvalue weighted by atomic mass is 16.2. The van der Waals surface area contributed by atoms with Crippen molar-refractivity contribution >= 4 is 23.4 Å². The minimum Gasteiger partial charge on any atom is -0.369 e. The van der Waals surface area contributed by atoms with Crippen molar-refractivity contribution < 1.29 is 14.4 Å². The fraction of sp³-hybridized carbons (Fsp3) is 0.357. The second-order valence-electron chi connectivity index (χ2n) is 5.05. The van der Waals surface area contributed by atoms with E-state index < -0.39 is 11.8 Å². The Kier molecular flexibility index (Phi) is 3.74. The standard InChI is InChI=1S/C14H17N3O3/c1-16(2)14(20)9-3-5-11(6-4-9)17-8-10(13(15)19)7-12(17)18/h3-6,10H,7-8H2,1-2H3,(H2,15,19). The van der Waals surface area contributed by atoms with Gasteiger partial charge in [-0.2, -0.15) is 0 Å². The maximum atomic E-state index is 11.9. The van der Waals surface area contributed by atoms with Crippen LogP contribution in [0.15, 0.2) is 24.3 Å². The van der Waals surface area contributed by atoms with Crippen LogP contribution in [0.25, 0.3) is 0 Å². The predicted octanol–water partition coefficient (Wildman–Crippen LogP) is 0.227. The smallest absolute Gasteiger partial charge is 0.253 e. The molecule has 1 fully saturated rings. The number of nitrogens with two attached hydrogens (primary N) is 1. The number of carbonyl (C=O) groups excluding carboxylic acids is 3. The molecule has 2 rings (SSSR count). The molecule has 1 saturated heterocycles. The van der Waals surface area contributed by atoms with Gasteiger partial charge in [-0.1, -0.05) is 0 Å². The zero-order valence-electron chi connectivity index (χ0n) is 11.5. The van der Waals surface area contributed by atoms with Crippen LogP contribution in [0.1, 0.15) is 16.8 Å². The zero-order chi connectivity index (χ0) is 14.9. The first-order valence-corrected chi connectivity index (χ1v) is 6.31. The van der Waals surface area contributed by atoms with E-state index >= 15 is 0 Å². The van der Waals surface area contributed by atoms with Crippen LogP contribution in [0.3, 0.4) is 0 Å². The molecule has 0 spiro atoms. The summed E-state index contributed by atoms with van der Waals surface area (Å²) in [5, 5.41) is 0. The van der Waals surface area contributed by atoms with Gasteiger partial charge in [0.1, 0.15) is 0 Å². The van der Waals surface area contributed by atoms with Crippen LogP contribution in [0.4, 0.5) is 5.69 Å². The van der Waals surface area contributed by atoms with Crippen LogP contribution in [0, 0.1) is 5.92 Å². The van der Waals surface area contributed by atoms with Crippen molar-refractivity contribution in [2.75, 3.05) is 25.5 Å². The van der Waals surface area contributed by atoms with Gasteiger partial charge in [-0.15, -0.1) is 0 Å². The molecule has 1 unspecified atom stereocenters. The van der Waals surface area contributed by atoms with Gasteiger partial charge in [-0.25, -0.2) is 0 Å². The number of hydrogen-bond acceptors (Lipinski definition) is 3. The molecule has 0 aliphatic carbocycles. The van der Waals surface area contributed by atoms with Crippen LogP contribution >= 0.6 is 0 Å². The van der Waals surface area contributed by atoms with Gasteiger partial charge < -0.3 is 15.5 Å². The zero-order valence-corrected chi connectivity index (χ0v) is 11.5. The summed E-state index contributed by atoms with van der Waals surface area (Å²) in [5.74, 6) is -1.12. The number of hydrogen-bond donors (Lipinski definition) is 1. The molecule has 0 radical (unpaired) electrons. The number of carbonyl (C=O) groups is 3. The molecule has 6 heteroatoms. The van der Waals surface area contributed by atoms with Crippen molar-refractivity contribution in [1.82, 2.24) is 4.90 Å². The van der Waals surface area contributed by atoms with E-state index in [4.69, 9.17) is 5.73 Å². The van der Waals surface area contributed by atoms with Crippen LogP contribution in [-0.2, 0) is 9.59 Å². The predicted molar refractivity (Wildman–Crippen MR) is 74.1 cm³/mol. The lowest BCUT2D eigenvalue weighted by atomic mass is 10.1. The molecule has 6 nitrogen and oxygen atoms in total. The molecule has 106 valence electrons. The molecule has 1 heterocycles. The van der Waals surface area contributed by atoms with Crippen molar-refractivity contribution in [2.45, 2.75) is 6.42 Å².